The Morgan fingerprint density at radius 1 is 1.53 bits per heavy atom. The second-order valence-electron chi connectivity index (χ2n) is 3.67. The molecule has 2 rings (SSSR count). The van der Waals surface area contributed by atoms with Crippen molar-refractivity contribution in [3.63, 3.8) is 0 Å². The Labute approximate surface area is 104 Å². The van der Waals surface area contributed by atoms with Gasteiger partial charge in [0.15, 0.2) is 0 Å². The summed E-state index contributed by atoms with van der Waals surface area (Å²) in [5, 5.41) is 10.8. The lowest BCUT2D eigenvalue weighted by molar-refractivity contribution is -0.386. The number of halogens is 2. The number of rotatable bonds is 2. The summed E-state index contributed by atoms with van der Waals surface area (Å²) in [6.45, 7) is 0.309. The molecule has 7 heteroatoms. The summed E-state index contributed by atoms with van der Waals surface area (Å²) in [5.74, 6) is -1.18. The molecule has 0 bridgehead atoms. The Hall–Kier alpha value is -1.50. The molecule has 1 aliphatic heterocycles. The van der Waals surface area contributed by atoms with Crippen LogP contribution in [0.2, 0.25) is 0 Å². The molecule has 1 unspecified atom stereocenters. The minimum absolute atomic E-state index is 0.0157. The summed E-state index contributed by atoms with van der Waals surface area (Å²) in [5.41, 5.74) is -0.635. The van der Waals surface area contributed by atoms with Crippen molar-refractivity contribution in [3.05, 3.63) is 34.1 Å². The van der Waals surface area contributed by atoms with E-state index in [4.69, 9.17) is 0 Å². The van der Waals surface area contributed by atoms with Gasteiger partial charge in [0.05, 0.1) is 4.92 Å². The molecule has 0 N–H and O–H groups in total. The number of nitro groups is 1. The van der Waals surface area contributed by atoms with E-state index in [1.807, 2.05) is 0 Å². The molecule has 0 aliphatic carbocycles. The van der Waals surface area contributed by atoms with Gasteiger partial charge in [-0.1, -0.05) is 22.0 Å². The smallest absolute Gasteiger partial charge is 0.305 e. The van der Waals surface area contributed by atoms with Crippen molar-refractivity contribution < 1.29 is 14.1 Å². The van der Waals surface area contributed by atoms with E-state index < -0.39 is 16.4 Å². The highest BCUT2D eigenvalue weighted by atomic mass is 79.9. The molecule has 1 fully saturated rings. The van der Waals surface area contributed by atoms with E-state index in [1.165, 1.54) is 17.0 Å². The highest BCUT2D eigenvalue weighted by molar-refractivity contribution is 9.09. The van der Waals surface area contributed by atoms with Crippen molar-refractivity contribution in [2.24, 2.45) is 0 Å². The van der Waals surface area contributed by atoms with Gasteiger partial charge in [0.1, 0.15) is 5.69 Å². The fraction of sp³-hybridized carbons (Fsp3) is 0.300. The molecule has 1 saturated heterocycles. The van der Waals surface area contributed by atoms with Gasteiger partial charge < -0.3 is 4.90 Å². The van der Waals surface area contributed by atoms with Gasteiger partial charge in [-0.25, -0.2) is 0 Å². The highest BCUT2D eigenvalue weighted by Crippen LogP contribution is 2.34. The quantitative estimate of drug-likeness (QED) is 0.478. The number of hydrogen-bond acceptors (Lipinski definition) is 3. The number of nitrogens with zero attached hydrogens (tertiary/aromatic N) is 2. The molecule has 1 atom stereocenters. The first-order valence-electron chi connectivity index (χ1n) is 4.88. The van der Waals surface area contributed by atoms with Crippen LogP contribution in [-0.4, -0.2) is 22.2 Å². The summed E-state index contributed by atoms with van der Waals surface area (Å²) >= 11 is 3.27. The normalized spacial score (nSPS) is 19.8. The first-order chi connectivity index (χ1) is 8.00. The number of amides is 1. The number of carbonyl (C=O) groups is 1. The number of anilines is 1. The summed E-state index contributed by atoms with van der Waals surface area (Å²) < 4.78 is 13.4. The monoisotopic (exact) mass is 302 g/mol. The van der Waals surface area contributed by atoms with Gasteiger partial charge >= 0.3 is 5.69 Å². The van der Waals surface area contributed by atoms with Crippen LogP contribution in [0.4, 0.5) is 15.8 Å². The zero-order chi connectivity index (χ0) is 12.6. The summed E-state index contributed by atoms with van der Waals surface area (Å²) in [6.07, 6.45) is 0.258. The van der Waals surface area contributed by atoms with Gasteiger partial charge in [0.2, 0.25) is 11.7 Å². The standard InChI is InChI=1S/C10H8BrFN2O3/c11-6-4-9(15)13(5-6)8-3-1-2-7(12)10(8)14(16)17/h1-3,6H,4-5H2. The molecule has 1 heterocycles. The minimum atomic E-state index is -0.932. The molecule has 0 radical (unpaired) electrons. The lowest BCUT2D eigenvalue weighted by Crippen LogP contribution is -2.25. The summed E-state index contributed by atoms with van der Waals surface area (Å²) in [4.78, 5) is 22.8. The van der Waals surface area contributed by atoms with Gasteiger partial charge in [0, 0.05) is 17.8 Å². The number of alkyl halides is 1. The van der Waals surface area contributed by atoms with Crippen LogP contribution in [0.1, 0.15) is 6.42 Å². The first kappa shape index (κ1) is 12.0. The summed E-state index contributed by atoms with van der Waals surface area (Å²) in [6, 6.07) is 3.74. The number of benzene rings is 1. The number of nitro benzene ring substituents is 1. The molecule has 5 nitrogen and oxygen atoms in total. The van der Waals surface area contributed by atoms with E-state index >= 15 is 0 Å². The van der Waals surface area contributed by atoms with Gasteiger partial charge in [-0.15, -0.1) is 0 Å². The Kier molecular flexibility index (Phi) is 3.10. The van der Waals surface area contributed by atoms with E-state index in [9.17, 15) is 19.3 Å². The third-order valence-electron chi connectivity index (χ3n) is 2.52. The predicted octanol–water partition coefficient (Wildman–Crippen LogP) is 2.23. The van der Waals surface area contributed by atoms with Crippen molar-refractivity contribution in [2.75, 3.05) is 11.4 Å². The molecule has 1 amide bonds. The largest absolute Gasteiger partial charge is 0.328 e. The van der Waals surface area contributed by atoms with Crippen LogP contribution in [0.5, 0.6) is 0 Å². The highest BCUT2D eigenvalue weighted by Gasteiger charge is 2.34. The summed E-state index contributed by atoms with van der Waals surface area (Å²) in [7, 11) is 0. The van der Waals surface area contributed by atoms with Crippen LogP contribution < -0.4 is 4.90 Å². The lowest BCUT2D eigenvalue weighted by atomic mass is 10.2. The Morgan fingerprint density at radius 2 is 2.24 bits per heavy atom. The van der Waals surface area contributed by atoms with Gasteiger partial charge in [-0.05, 0) is 12.1 Å². The molecule has 1 aromatic rings. The van der Waals surface area contributed by atoms with Crippen molar-refractivity contribution in [1.29, 1.82) is 0 Å². The zero-order valence-electron chi connectivity index (χ0n) is 8.60. The van der Waals surface area contributed by atoms with Crippen LogP contribution >= 0.6 is 15.9 Å². The molecule has 1 aromatic carbocycles. The molecule has 1 aliphatic rings. The molecule has 17 heavy (non-hydrogen) atoms. The van der Waals surface area contributed by atoms with E-state index in [2.05, 4.69) is 15.9 Å². The van der Waals surface area contributed by atoms with Crippen molar-refractivity contribution in [3.8, 4) is 0 Å². The van der Waals surface area contributed by atoms with Crippen LogP contribution in [0.25, 0.3) is 0 Å². The number of para-hydroxylation sites is 1. The molecular formula is C10H8BrFN2O3. The second kappa shape index (κ2) is 4.40. The average Bonchev–Trinajstić information content (AvgIpc) is 2.56. The van der Waals surface area contributed by atoms with Crippen LogP contribution in [-0.2, 0) is 4.79 Å². The zero-order valence-corrected chi connectivity index (χ0v) is 10.2. The molecule has 0 saturated carbocycles. The van der Waals surface area contributed by atoms with Crippen LogP contribution in [0.15, 0.2) is 18.2 Å². The molecule has 0 aromatic heterocycles. The molecule has 0 spiro atoms. The van der Waals surface area contributed by atoms with Crippen molar-refractivity contribution in [2.45, 2.75) is 11.2 Å². The number of hydrogen-bond donors (Lipinski definition) is 0. The van der Waals surface area contributed by atoms with Crippen LogP contribution in [0, 0.1) is 15.9 Å². The SMILES string of the molecule is O=C1CC(Br)CN1c1cccc(F)c1[N+](=O)[O-]. The molecule has 90 valence electrons. The average molecular weight is 303 g/mol. The topological polar surface area (TPSA) is 63.5 Å². The first-order valence-corrected chi connectivity index (χ1v) is 5.79. The van der Waals surface area contributed by atoms with Crippen molar-refractivity contribution in [1.82, 2.24) is 0 Å². The van der Waals surface area contributed by atoms with E-state index in [0.29, 0.717) is 6.54 Å². The van der Waals surface area contributed by atoms with Gasteiger partial charge in [-0.3, -0.25) is 14.9 Å². The Bertz CT molecular complexity index is 494. The molecular weight excluding hydrogens is 295 g/mol. The lowest BCUT2D eigenvalue weighted by Gasteiger charge is -2.15. The Morgan fingerprint density at radius 3 is 2.76 bits per heavy atom. The third-order valence-corrected chi connectivity index (χ3v) is 3.13. The second-order valence-corrected chi connectivity index (χ2v) is 4.97. The van der Waals surface area contributed by atoms with Gasteiger partial charge in [-0.2, -0.15) is 4.39 Å². The maximum absolute atomic E-state index is 13.4. The predicted molar refractivity (Wildman–Crippen MR) is 62.7 cm³/mol. The maximum Gasteiger partial charge on any atom is 0.328 e. The fourth-order valence-electron chi connectivity index (χ4n) is 1.80. The number of carbonyl (C=O) groups excluding carboxylic acids is 1. The van der Waals surface area contributed by atoms with Crippen molar-refractivity contribution >= 4 is 33.2 Å². The fourth-order valence-corrected chi connectivity index (χ4v) is 2.37. The van der Waals surface area contributed by atoms with E-state index in [-0.39, 0.29) is 22.8 Å². The maximum atomic E-state index is 13.4. The third kappa shape index (κ3) is 2.14. The Balaban J connectivity index is 2.49. The minimum Gasteiger partial charge on any atom is -0.305 e. The van der Waals surface area contributed by atoms with E-state index in [1.54, 1.807) is 0 Å². The van der Waals surface area contributed by atoms with Gasteiger partial charge in [0.25, 0.3) is 0 Å². The van der Waals surface area contributed by atoms with E-state index in [0.717, 1.165) is 6.07 Å². The van der Waals surface area contributed by atoms with Crippen LogP contribution in [0.3, 0.4) is 0 Å².